The lowest BCUT2D eigenvalue weighted by Crippen LogP contribution is -2.53. The van der Waals surface area contributed by atoms with Gasteiger partial charge in [-0.15, -0.1) is 0 Å². The summed E-state index contributed by atoms with van der Waals surface area (Å²) in [6, 6.07) is 28.9. The minimum absolute atomic E-state index is 0.000984. The summed E-state index contributed by atoms with van der Waals surface area (Å²) in [6.07, 6.45) is 0.984. The highest BCUT2D eigenvalue weighted by Gasteiger charge is 2.35. The fourth-order valence-corrected chi connectivity index (χ4v) is 6.67. The maximum Gasteiger partial charge on any atom is 0.264 e. The Kier molecular flexibility index (Phi) is 11.6. The Labute approximate surface area is 273 Å². The Balaban J connectivity index is 1.80. The van der Waals surface area contributed by atoms with Crippen LogP contribution in [-0.2, 0) is 32.6 Å². The number of carbonyl (C=O) groups is 2. The Morgan fingerprint density at radius 1 is 0.864 bits per heavy atom. The summed E-state index contributed by atoms with van der Waals surface area (Å²) in [4.78, 5) is 29.7. The minimum Gasteiger partial charge on any atom is -0.354 e. The summed E-state index contributed by atoms with van der Waals surface area (Å²) < 4.78 is 30.2. The molecule has 0 heterocycles. The van der Waals surface area contributed by atoms with Crippen molar-refractivity contribution in [2.45, 2.75) is 44.2 Å². The zero-order valence-electron chi connectivity index (χ0n) is 24.6. The van der Waals surface area contributed by atoms with Crippen LogP contribution in [0.2, 0.25) is 5.02 Å². The average molecular weight is 697 g/mol. The lowest BCUT2D eigenvalue weighted by Gasteiger charge is -2.34. The van der Waals surface area contributed by atoms with Crippen LogP contribution in [0.4, 0.5) is 5.69 Å². The second kappa shape index (κ2) is 15.4. The van der Waals surface area contributed by atoms with Crippen LogP contribution >= 0.6 is 27.5 Å². The van der Waals surface area contributed by atoms with Crippen LogP contribution in [0.15, 0.2) is 112 Å². The molecule has 0 aliphatic carbocycles. The molecule has 4 rings (SSSR count). The summed E-state index contributed by atoms with van der Waals surface area (Å²) in [5.41, 5.74) is 2.72. The van der Waals surface area contributed by atoms with E-state index >= 15 is 0 Å². The highest BCUT2D eigenvalue weighted by atomic mass is 79.9. The molecule has 0 saturated carbocycles. The first-order chi connectivity index (χ1) is 21.1. The van der Waals surface area contributed by atoms with E-state index in [9.17, 15) is 18.0 Å². The number of halogens is 2. The zero-order valence-corrected chi connectivity index (χ0v) is 27.8. The quantitative estimate of drug-likeness (QED) is 0.167. The molecule has 0 saturated heterocycles. The van der Waals surface area contributed by atoms with Gasteiger partial charge in [-0.05, 0) is 72.5 Å². The van der Waals surface area contributed by atoms with Crippen LogP contribution < -0.4 is 9.62 Å². The largest absolute Gasteiger partial charge is 0.354 e. The predicted octanol–water partition coefficient (Wildman–Crippen LogP) is 6.77. The van der Waals surface area contributed by atoms with Gasteiger partial charge >= 0.3 is 0 Å². The number of anilines is 1. The molecule has 0 spiro atoms. The van der Waals surface area contributed by atoms with Crippen LogP contribution in [0, 0.1) is 6.92 Å². The van der Waals surface area contributed by atoms with Crippen molar-refractivity contribution in [1.29, 1.82) is 0 Å². The van der Waals surface area contributed by atoms with E-state index in [0.717, 1.165) is 26.3 Å². The third-order valence-electron chi connectivity index (χ3n) is 7.15. The first-order valence-corrected chi connectivity index (χ1v) is 16.9. The lowest BCUT2D eigenvalue weighted by molar-refractivity contribution is -0.140. The van der Waals surface area contributed by atoms with Gasteiger partial charge in [-0.25, -0.2) is 8.42 Å². The van der Waals surface area contributed by atoms with E-state index < -0.39 is 28.5 Å². The van der Waals surface area contributed by atoms with Crippen LogP contribution in [0.25, 0.3) is 0 Å². The van der Waals surface area contributed by atoms with Gasteiger partial charge in [0.05, 0.1) is 10.6 Å². The normalized spacial score (nSPS) is 11.9. The smallest absolute Gasteiger partial charge is 0.264 e. The molecule has 4 aromatic rings. The van der Waals surface area contributed by atoms with Crippen molar-refractivity contribution in [3.63, 3.8) is 0 Å². The van der Waals surface area contributed by atoms with Crippen molar-refractivity contribution >= 4 is 55.1 Å². The van der Waals surface area contributed by atoms with Crippen molar-refractivity contribution in [3.8, 4) is 0 Å². The van der Waals surface area contributed by atoms with Gasteiger partial charge in [0.2, 0.25) is 11.8 Å². The van der Waals surface area contributed by atoms with E-state index in [0.29, 0.717) is 22.8 Å². The number of hydrogen-bond acceptors (Lipinski definition) is 4. The molecule has 7 nitrogen and oxygen atoms in total. The van der Waals surface area contributed by atoms with E-state index in [4.69, 9.17) is 11.6 Å². The van der Waals surface area contributed by atoms with Crippen LogP contribution in [0.5, 0.6) is 0 Å². The standard InChI is InChI=1S/C34H35BrClN3O4S/c1-3-21-37-34(41)32(22-26-10-5-4-6-11-26)38(23-27-13-15-28(35)16-14-27)33(40)24-39(31-12-8-7-9-25(31)2)44(42,43)30-19-17-29(36)18-20-30/h4-20,32H,3,21-24H2,1-2H3,(H,37,41). The number of benzene rings is 4. The van der Waals surface area contributed by atoms with Gasteiger partial charge in [0.25, 0.3) is 10.0 Å². The predicted molar refractivity (Wildman–Crippen MR) is 179 cm³/mol. The number of amides is 2. The summed E-state index contributed by atoms with van der Waals surface area (Å²) >= 11 is 9.51. The number of para-hydroxylation sites is 1. The second-order valence-electron chi connectivity index (χ2n) is 10.4. The molecule has 1 unspecified atom stereocenters. The Hall–Kier alpha value is -3.66. The summed E-state index contributed by atoms with van der Waals surface area (Å²) in [6.45, 7) is 3.79. The average Bonchev–Trinajstić information content (AvgIpc) is 3.02. The molecular formula is C34H35BrClN3O4S. The summed E-state index contributed by atoms with van der Waals surface area (Å²) in [5, 5.41) is 3.35. The Morgan fingerprint density at radius 2 is 1.50 bits per heavy atom. The maximum atomic E-state index is 14.5. The number of aryl methyl sites for hydroxylation is 1. The SMILES string of the molecule is CCCNC(=O)C(Cc1ccccc1)N(Cc1ccc(Br)cc1)C(=O)CN(c1ccccc1C)S(=O)(=O)c1ccc(Cl)cc1. The third kappa shape index (κ3) is 8.49. The highest BCUT2D eigenvalue weighted by Crippen LogP contribution is 2.28. The molecule has 1 atom stereocenters. The van der Waals surface area contributed by atoms with Crippen molar-refractivity contribution in [1.82, 2.24) is 10.2 Å². The molecule has 0 bridgehead atoms. The molecule has 10 heteroatoms. The van der Waals surface area contributed by atoms with Gasteiger partial charge < -0.3 is 10.2 Å². The van der Waals surface area contributed by atoms with Crippen molar-refractivity contribution in [3.05, 3.63) is 129 Å². The second-order valence-corrected chi connectivity index (χ2v) is 13.6. The number of nitrogens with one attached hydrogen (secondary N) is 1. The molecule has 4 aromatic carbocycles. The number of nitrogens with zero attached hydrogens (tertiary/aromatic N) is 2. The maximum absolute atomic E-state index is 14.5. The molecule has 0 aliphatic heterocycles. The zero-order chi connectivity index (χ0) is 31.7. The minimum atomic E-state index is -4.20. The highest BCUT2D eigenvalue weighted by molar-refractivity contribution is 9.10. The Morgan fingerprint density at radius 3 is 2.14 bits per heavy atom. The van der Waals surface area contributed by atoms with E-state index in [1.165, 1.54) is 29.2 Å². The van der Waals surface area contributed by atoms with Crippen LogP contribution in [0.3, 0.4) is 0 Å². The number of sulfonamides is 1. The van der Waals surface area contributed by atoms with Gasteiger partial charge in [-0.3, -0.25) is 13.9 Å². The molecule has 0 aliphatic rings. The van der Waals surface area contributed by atoms with Crippen LogP contribution in [0.1, 0.15) is 30.0 Å². The van der Waals surface area contributed by atoms with Gasteiger partial charge in [0.1, 0.15) is 12.6 Å². The van der Waals surface area contributed by atoms with Crippen molar-refractivity contribution < 1.29 is 18.0 Å². The summed E-state index contributed by atoms with van der Waals surface area (Å²) in [7, 11) is -4.20. The van der Waals surface area contributed by atoms with Gasteiger partial charge in [0, 0.05) is 29.0 Å². The first kappa shape index (κ1) is 33.2. The lowest BCUT2D eigenvalue weighted by atomic mass is 10.0. The molecule has 0 fully saturated rings. The van der Waals surface area contributed by atoms with Crippen molar-refractivity contribution in [2.75, 3.05) is 17.4 Å². The molecular weight excluding hydrogens is 662 g/mol. The molecule has 1 N–H and O–H groups in total. The van der Waals surface area contributed by atoms with Gasteiger partial charge in [0.15, 0.2) is 0 Å². The monoisotopic (exact) mass is 695 g/mol. The fraction of sp³-hybridized carbons (Fsp3) is 0.235. The molecule has 0 aromatic heterocycles. The molecule has 44 heavy (non-hydrogen) atoms. The van der Waals surface area contributed by atoms with Crippen molar-refractivity contribution in [2.24, 2.45) is 0 Å². The fourth-order valence-electron chi connectivity index (χ4n) is 4.80. The molecule has 2 amide bonds. The van der Waals surface area contributed by atoms with E-state index in [1.807, 2.05) is 67.6 Å². The number of hydrogen-bond donors (Lipinski definition) is 1. The van der Waals surface area contributed by atoms with E-state index in [-0.39, 0.29) is 23.8 Å². The number of carbonyl (C=O) groups excluding carboxylic acids is 2. The van der Waals surface area contributed by atoms with E-state index in [1.54, 1.807) is 25.1 Å². The Bertz CT molecular complexity index is 1670. The summed E-state index contributed by atoms with van der Waals surface area (Å²) in [5.74, 6) is -0.814. The van der Waals surface area contributed by atoms with E-state index in [2.05, 4.69) is 21.2 Å². The van der Waals surface area contributed by atoms with Gasteiger partial charge in [-0.2, -0.15) is 0 Å². The van der Waals surface area contributed by atoms with Gasteiger partial charge in [-0.1, -0.05) is 95.1 Å². The molecule has 0 radical (unpaired) electrons. The third-order valence-corrected chi connectivity index (χ3v) is 9.71. The number of rotatable bonds is 13. The molecule has 230 valence electrons. The first-order valence-electron chi connectivity index (χ1n) is 14.3. The van der Waals surface area contributed by atoms with Crippen LogP contribution in [-0.4, -0.2) is 44.3 Å². The topological polar surface area (TPSA) is 86.8 Å².